The van der Waals surface area contributed by atoms with Gasteiger partial charge in [0.15, 0.2) is 0 Å². The molecule has 1 aromatic heterocycles. The molecule has 3 N–H and O–H groups in total. The van der Waals surface area contributed by atoms with Crippen LogP contribution < -0.4 is 10.5 Å². The number of hydrogen-bond acceptors (Lipinski definition) is 4. The summed E-state index contributed by atoms with van der Waals surface area (Å²) in [6, 6.07) is 10.5. The first-order chi connectivity index (χ1) is 9.44. The fraction of sp³-hybridized carbons (Fsp3) is 0.286. The fourth-order valence-electron chi connectivity index (χ4n) is 1.98. The van der Waals surface area contributed by atoms with E-state index in [1.54, 1.807) is 35.6 Å². The molecule has 4 nitrogen and oxygen atoms in total. The highest BCUT2D eigenvalue weighted by molar-refractivity contribution is 7.89. The summed E-state index contributed by atoms with van der Waals surface area (Å²) < 4.78 is 27.6. The molecular weight excluding hydrogens is 292 g/mol. The second kappa shape index (κ2) is 6.05. The topological polar surface area (TPSA) is 72.2 Å². The van der Waals surface area contributed by atoms with Crippen molar-refractivity contribution < 1.29 is 8.42 Å². The molecule has 0 radical (unpaired) electrons. The van der Waals surface area contributed by atoms with Crippen molar-refractivity contribution in [3.05, 3.63) is 51.7 Å². The van der Waals surface area contributed by atoms with Crippen LogP contribution in [0.5, 0.6) is 0 Å². The molecule has 2 rings (SSSR count). The zero-order valence-electron chi connectivity index (χ0n) is 11.5. The maximum absolute atomic E-state index is 12.4. The highest BCUT2D eigenvalue weighted by Gasteiger charge is 2.21. The quantitative estimate of drug-likeness (QED) is 0.891. The highest BCUT2D eigenvalue weighted by Crippen LogP contribution is 2.24. The van der Waals surface area contributed by atoms with Crippen molar-refractivity contribution in [2.75, 3.05) is 0 Å². The molecule has 0 amide bonds. The summed E-state index contributed by atoms with van der Waals surface area (Å²) in [6.07, 6.45) is 0. The number of hydrogen-bond donors (Lipinski definition) is 2. The molecule has 0 spiro atoms. The van der Waals surface area contributed by atoms with Gasteiger partial charge in [0.25, 0.3) is 0 Å². The molecule has 1 atom stereocenters. The lowest BCUT2D eigenvalue weighted by atomic mass is 10.2. The lowest BCUT2D eigenvalue weighted by Crippen LogP contribution is -2.27. The smallest absolute Gasteiger partial charge is 0.241 e. The van der Waals surface area contributed by atoms with E-state index < -0.39 is 10.0 Å². The largest absolute Gasteiger partial charge is 0.326 e. The molecule has 0 saturated heterocycles. The Balaban J connectivity index is 2.27. The van der Waals surface area contributed by atoms with E-state index in [9.17, 15) is 8.42 Å². The second-order valence-electron chi connectivity index (χ2n) is 4.60. The molecule has 1 unspecified atom stereocenters. The Bertz CT molecular complexity index is 693. The Morgan fingerprint density at radius 2 is 1.95 bits per heavy atom. The van der Waals surface area contributed by atoms with Gasteiger partial charge in [-0.25, -0.2) is 13.1 Å². The van der Waals surface area contributed by atoms with Crippen LogP contribution in [-0.2, 0) is 16.6 Å². The molecule has 0 aliphatic heterocycles. The number of rotatable bonds is 5. The van der Waals surface area contributed by atoms with Gasteiger partial charge in [-0.05, 0) is 37.6 Å². The second-order valence-corrected chi connectivity index (χ2v) is 7.61. The maximum Gasteiger partial charge on any atom is 0.241 e. The molecule has 6 heteroatoms. The third kappa shape index (κ3) is 3.27. The Kier molecular flexibility index (Phi) is 4.59. The van der Waals surface area contributed by atoms with Gasteiger partial charge in [-0.3, -0.25) is 0 Å². The summed E-state index contributed by atoms with van der Waals surface area (Å²) in [5.74, 6) is 0. The molecule has 0 fully saturated rings. The van der Waals surface area contributed by atoms with E-state index in [4.69, 9.17) is 5.73 Å². The van der Waals surface area contributed by atoms with Gasteiger partial charge in [0.1, 0.15) is 0 Å². The van der Waals surface area contributed by atoms with Gasteiger partial charge in [-0.2, -0.15) is 0 Å². The monoisotopic (exact) mass is 310 g/mol. The van der Waals surface area contributed by atoms with Crippen LogP contribution in [0.1, 0.15) is 28.3 Å². The van der Waals surface area contributed by atoms with Gasteiger partial charge >= 0.3 is 0 Å². The molecule has 0 aliphatic carbocycles. The number of aryl methyl sites for hydroxylation is 1. The third-order valence-corrected chi connectivity index (χ3v) is 5.83. The lowest BCUT2D eigenvalue weighted by molar-refractivity contribution is 0.567. The molecule has 2 aromatic rings. The Morgan fingerprint density at radius 3 is 2.55 bits per heavy atom. The van der Waals surface area contributed by atoms with Crippen molar-refractivity contribution >= 4 is 21.4 Å². The minimum atomic E-state index is -3.56. The summed E-state index contributed by atoms with van der Waals surface area (Å²) in [4.78, 5) is 2.41. The summed E-state index contributed by atoms with van der Waals surface area (Å²) >= 11 is 1.59. The van der Waals surface area contributed by atoms with Crippen LogP contribution in [0.4, 0.5) is 0 Å². The predicted octanol–water partition coefficient (Wildman–Crippen LogP) is 2.55. The van der Waals surface area contributed by atoms with Crippen LogP contribution in [0.3, 0.4) is 0 Å². The third-order valence-electron chi connectivity index (χ3n) is 3.00. The summed E-state index contributed by atoms with van der Waals surface area (Å²) in [7, 11) is -3.56. The van der Waals surface area contributed by atoms with Crippen molar-refractivity contribution in [1.82, 2.24) is 4.72 Å². The fourth-order valence-corrected chi connectivity index (χ4v) is 4.40. The van der Waals surface area contributed by atoms with Crippen LogP contribution in [0.2, 0.25) is 0 Å². The van der Waals surface area contributed by atoms with Crippen molar-refractivity contribution in [3.63, 3.8) is 0 Å². The highest BCUT2D eigenvalue weighted by atomic mass is 32.2. The van der Waals surface area contributed by atoms with Gasteiger partial charge < -0.3 is 5.73 Å². The van der Waals surface area contributed by atoms with Gasteiger partial charge in [0.05, 0.1) is 10.9 Å². The van der Waals surface area contributed by atoms with Crippen LogP contribution >= 0.6 is 11.3 Å². The van der Waals surface area contributed by atoms with Crippen molar-refractivity contribution in [3.8, 4) is 0 Å². The van der Waals surface area contributed by atoms with E-state index >= 15 is 0 Å². The van der Waals surface area contributed by atoms with Crippen molar-refractivity contribution in [2.24, 2.45) is 5.73 Å². The van der Waals surface area contributed by atoms with Gasteiger partial charge in [-0.1, -0.05) is 18.2 Å². The molecular formula is C14H18N2O2S2. The SMILES string of the molecule is Cc1ccc(C(C)NS(=O)(=O)c2ccccc2CN)s1. The van der Waals surface area contributed by atoms with Gasteiger partial charge in [0.2, 0.25) is 10.0 Å². The number of nitrogens with one attached hydrogen (secondary N) is 1. The van der Waals surface area contributed by atoms with E-state index in [2.05, 4.69) is 4.72 Å². The number of thiophene rings is 1. The molecule has 1 heterocycles. The molecule has 1 aromatic carbocycles. The molecule has 0 aliphatic rings. The average Bonchev–Trinajstić information content (AvgIpc) is 2.85. The zero-order chi connectivity index (χ0) is 14.8. The van der Waals surface area contributed by atoms with E-state index in [1.807, 2.05) is 26.0 Å². The van der Waals surface area contributed by atoms with Crippen LogP contribution in [0.25, 0.3) is 0 Å². The summed E-state index contributed by atoms with van der Waals surface area (Å²) in [5.41, 5.74) is 6.22. The number of nitrogens with two attached hydrogens (primary N) is 1. The Morgan fingerprint density at radius 1 is 1.25 bits per heavy atom. The standard InChI is InChI=1S/C14H18N2O2S2/c1-10-7-8-13(19-10)11(2)16-20(17,18)14-6-4-3-5-12(14)9-15/h3-8,11,16H,9,15H2,1-2H3. The first-order valence-corrected chi connectivity index (χ1v) is 8.60. The summed E-state index contributed by atoms with van der Waals surface area (Å²) in [5, 5.41) is 0. The van der Waals surface area contributed by atoms with E-state index in [0.717, 1.165) is 9.75 Å². The van der Waals surface area contributed by atoms with Crippen LogP contribution in [0, 0.1) is 6.92 Å². The van der Waals surface area contributed by atoms with E-state index in [0.29, 0.717) is 5.56 Å². The Hall–Kier alpha value is -1.21. The lowest BCUT2D eigenvalue weighted by Gasteiger charge is -2.14. The van der Waals surface area contributed by atoms with Crippen LogP contribution in [-0.4, -0.2) is 8.42 Å². The first-order valence-electron chi connectivity index (χ1n) is 6.30. The number of sulfonamides is 1. The Labute approximate surface area is 123 Å². The van der Waals surface area contributed by atoms with E-state index in [-0.39, 0.29) is 17.5 Å². The van der Waals surface area contributed by atoms with E-state index in [1.165, 1.54) is 0 Å². The molecule has 20 heavy (non-hydrogen) atoms. The van der Waals surface area contributed by atoms with Crippen LogP contribution in [0.15, 0.2) is 41.3 Å². The van der Waals surface area contributed by atoms with Crippen molar-refractivity contribution in [1.29, 1.82) is 0 Å². The minimum absolute atomic E-state index is 0.198. The molecule has 0 bridgehead atoms. The predicted molar refractivity (Wildman–Crippen MR) is 82.1 cm³/mol. The zero-order valence-corrected chi connectivity index (χ0v) is 13.1. The maximum atomic E-state index is 12.4. The summed E-state index contributed by atoms with van der Waals surface area (Å²) in [6.45, 7) is 4.04. The normalized spacial score (nSPS) is 13.3. The molecule has 108 valence electrons. The number of benzene rings is 1. The van der Waals surface area contributed by atoms with Gasteiger partial charge in [-0.15, -0.1) is 11.3 Å². The first kappa shape index (κ1) is 15.2. The van der Waals surface area contributed by atoms with Gasteiger partial charge in [0, 0.05) is 16.3 Å². The van der Waals surface area contributed by atoms with Crippen molar-refractivity contribution in [2.45, 2.75) is 31.3 Å². The average molecular weight is 310 g/mol. The minimum Gasteiger partial charge on any atom is -0.326 e. The molecule has 0 saturated carbocycles.